The third-order valence-electron chi connectivity index (χ3n) is 4.31. The number of rotatable bonds is 4. The lowest BCUT2D eigenvalue weighted by Crippen LogP contribution is -2.48. The number of hydrogen-bond acceptors (Lipinski definition) is 4. The van der Waals surface area contributed by atoms with E-state index >= 15 is 0 Å². The molecule has 2 heterocycles. The summed E-state index contributed by atoms with van der Waals surface area (Å²) in [6.45, 7) is 3.16. The smallest absolute Gasteiger partial charge is 0.314 e. The van der Waals surface area contributed by atoms with Gasteiger partial charge in [-0.05, 0) is 43.7 Å². The SMILES string of the molecule is O=C(Nc1ccc(Cl)cn1)C(=O)NC1CCN(CC2CC2)CC1. The molecule has 1 saturated carbocycles. The Balaban J connectivity index is 1.41. The number of nitrogens with zero attached hydrogens (tertiary/aromatic N) is 2. The summed E-state index contributed by atoms with van der Waals surface area (Å²) in [5, 5.41) is 5.76. The number of halogens is 1. The van der Waals surface area contributed by atoms with Crippen LogP contribution in [-0.4, -0.2) is 47.4 Å². The lowest BCUT2D eigenvalue weighted by Gasteiger charge is -2.32. The fourth-order valence-corrected chi connectivity index (χ4v) is 2.91. The molecule has 0 spiro atoms. The Morgan fingerprint density at radius 3 is 2.52 bits per heavy atom. The first kappa shape index (κ1) is 16.2. The zero-order valence-electron chi connectivity index (χ0n) is 12.9. The highest BCUT2D eigenvalue weighted by molar-refractivity contribution is 6.39. The average Bonchev–Trinajstić information content (AvgIpc) is 3.35. The summed E-state index contributed by atoms with van der Waals surface area (Å²) in [6.07, 6.45) is 5.92. The van der Waals surface area contributed by atoms with E-state index in [4.69, 9.17) is 11.6 Å². The van der Waals surface area contributed by atoms with Gasteiger partial charge in [-0.25, -0.2) is 4.98 Å². The van der Waals surface area contributed by atoms with Crippen molar-refractivity contribution in [3.63, 3.8) is 0 Å². The van der Waals surface area contributed by atoms with Crippen molar-refractivity contribution in [2.75, 3.05) is 25.0 Å². The molecule has 1 saturated heterocycles. The van der Waals surface area contributed by atoms with Crippen molar-refractivity contribution in [3.8, 4) is 0 Å². The van der Waals surface area contributed by atoms with Crippen LogP contribution in [0.2, 0.25) is 5.02 Å². The number of piperidine rings is 1. The van der Waals surface area contributed by atoms with Crippen LogP contribution in [0.1, 0.15) is 25.7 Å². The van der Waals surface area contributed by atoms with Gasteiger partial charge in [-0.2, -0.15) is 0 Å². The standard InChI is InChI=1S/C16H21ClN4O2/c17-12-3-4-14(18-9-12)20-16(23)15(22)19-13-5-7-21(8-6-13)10-11-1-2-11/h3-4,9,11,13H,1-2,5-8,10H2,(H,19,22)(H,18,20,23). The van der Waals surface area contributed by atoms with Gasteiger partial charge >= 0.3 is 11.8 Å². The Morgan fingerprint density at radius 2 is 1.91 bits per heavy atom. The van der Waals surface area contributed by atoms with Crippen LogP contribution in [0.5, 0.6) is 0 Å². The van der Waals surface area contributed by atoms with Gasteiger partial charge in [0.25, 0.3) is 0 Å². The normalized spacial score (nSPS) is 19.3. The van der Waals surface area contributed by atoms with Gasteiger partial charge in [0.15, 0.2) is 0 Å². The van der Waals surface area contributed by atoms with E-state index in [-0.39, 0.29) is 6.04 Å². The molecule has 124 valence electrons. The summed E-state index contributed by atoms with van der Waals surface area (Å²) in [5.41, 5.74) is 0. The summed E-state index contributed by atoms with van der Waals surface area (Å²) < 4.78 is 0. The van der Waals surface area contributed by atoms with Gasteiger partial charge < -0.3 is 15.5 Å². The van der Waals surface area contributed by atoms with E-state index in [0.717, 1.165) is 31.8 Å². The molecular weight excluding hydrogens is 316 g/mol. The molecule has 0 radical (unpaired) electrons. The largest absolute Gasteiger partial charge is 0.345 e. The van der Waals surface area contributed by atoms with Crippen LogP contribution in [0, 0.1) is 5.92 Å². The van der Waals surface area contributed by atoms with Crippen molar-refractivity contribution >= 4 is 29.2 Å². The first-order valence-corrected chi connectivity index (χ1v) is 8.43. The number of nitrogens with one attached hydrogen (secondary N) is 2. The molecule has 0 bridgehead atoms. The van der Waals surface area contributed by atoms with Gasteiger partial charge in [-0.3, -0.25) is 9.59 Å². The van der Waals surface area contributed by atoms with E-state index in [2.05, 4.69) is 20.5 Å². The Hall–Kier alpha value is -1.66. The van der Waals surface area contributed by atoms with E-state index in [9.17, 15) is 9.59 Å². The first-order chi connectivity index (χ1) is 11.1. The van der Waals surface area contributed by atoms with Crippen molar-refractivity contribution < 1.29 is 9.59 Å². The van der Waals surface area contributed by atoms with E-state index in [1.165, 1.54) is 25.6 Å². The highest BCUT2D eigenvalue weighted by atomic mass is 35.5. The Morgan fingerprint density at radius 1 is 1.17 bits per heavy atom. The molecule has 6 nitrogen and oxygen atoms in total. The highest BCUT2D eigenvalue weighted by Gasteiger charge is 2.28. The van der Waals surface area contributed by atoms with Crippen molar-refractivity contribution in [1.82, 2.24) is 15.2 Å². The lowest BCUT2D eigenvalue weighted by atomic mass is 10.0. The summed E-state index contributed by atoms with van der Waals surface area (Å²) in [6, 6.07) is 3.24. The summed E-state index contributed by atoms with van der Waals surface area (Å²) >= 11 is 5.73. The third kappa shape index (κ3) is 4.91. The molecule has 2 fully saturated rings. The van der Waals surface area contributed by atoms with E-state index < -0.39 is 11.8 Å². The molecule has 1 aliphatic heterocycles. The summed E-state index contributed by atoms with van der Waals surface area (Å²) in [4.78, 5) is 30.2. The lowest BCUT2D eigenvalue weighted by molar-refractivity contribution is -0.136. The number of carbonyl (C=O) groups is 2. The first-order valence-electron chi connectivity index (χ1n) is 8.06. The number of likely N-dealkylation sites (tertiary alicyclic amines) is 1. The maximum absolute atomic E-state index is 12.0. The third-order valence-corrected chi connectivity index (χ3v) is 4.53. The zero-order chi connectivity index (χ0) is 16.2. The van der Waals surface area contributed by atoms with Crippen LogP contribution in [0.4, 0.5) is 5.82 Å². The average molecular weight is 337 g/mol. The molecular formula is C16H21ClN4O2. The minimum Gasteiger partial charge on any atom is -0.345 e. The maximum Gasteiger partial charge on any atom is 0.314 e. The molecule has 2 amide bonds. The molecule has 1 aliphatic carbocycles. The van der Waals surface area contributed by atoms with Crippen LogP contribution in [0.25, 0.3) is 0 Å². The molecule has 2 aliphatic rings. The van der Waals surface area contributed by atoms with E-state index in [1.807, 2.05) is 0 Å². The van der Waals surface area contributed by atoms with Gasteiger partial charge in [0.2, 0.25) is 0 Å². The van der Waals surface area contributed by atoms with Crippen LogP contribution < -0.4 is 10.6 Å². The zero-order valence-corrected chi connectivity index (χ0v) is 13.7. The van der Waals surface area contributed by atoms with Crippen molar-refractivity contribution in [1.29, 1.82) is 0 Å². The molecule has 7 heteroatoms. The second-order valence-corrected chi connectivity index (χ2v) is 6.74. The molecule has 3 rings (SSSR count). The van der Waals surface area contributed by atoms with Crippen LogP contribution >= 0.6 is 11.6 Å². The Bertz CT molecular complexity index is 566. The fraction of sp³-hybridized carbons (Fsp3) is 0.562. The number of pyridine rings is 1. The molecule has 0 atom stereocenters. The Labute approximate surface area is 140 Å². The minimum atomic E-state index is -0.694. The molecule has 23 heavy (non-hydrogen) atoms. The van der Waals surface area contributed by atoms with Gasteiger partial charge in [0, 0.05) is 31.9 Å². The minimum absolute atomic E-state index is 0.0712. The monoisotopic (exact) mass is 336 g/mol. The Kier molecular flexibility index (Phi) is 5.13. The van der Waals surface area contributed by atoms with Gasteiger partial charge in [-0.1, -0.05) is 11.6 Å². The predicted molar refractivity (Wildman–Crippen MR) is 88.2 cm³/mol. The van der Waals surface area contributed by atoms with Crippen LogP contribution in [-0.2, 0) is 9.59 Å². The van der Waals surface area contributed by atoms with E-state index in [0.29, 0.717) is 10.8 Å². The number of anilines is 1. The van der Waals surface area contributed by atoms with E-state index in [1.54, 1.807) is 12.1 Å². The van der Waals surface area contributed by atoms with Gasteiger partial charge in [0.05, 0.1) is 5.02 Å². The number of carbonyl (C=O) groups excluding carboxylic acids is 2. The molecule has 1 aromatic heterocycles. The van der Waals surface area contributed by atoms with Crippen molar-refractivity contribution in [3.05, 3.63) is 23.4 Å². The molecule has 1 aromatic rings. The number of hydrogen-bond donors (Lipinski definition) is 2. The predicted octanol–water partition coefficient (Wildman–Crippen LogP) is 1.66. The number of aromatic nitrogens is 1. The summed E-state index contributed by atoms with van der Waals surface area (Å²) in [7, 11) is 0. The number of amides is 2. The second-order valence-electron chi connectivity index (χ2n) is 6.31. The van der Waals surface area contributed by atoms with Crippen molar-refractivity contribution in [2.45, 2.75) is 31.7 Å². The van der Waals surface area contributed by atoms with Gasteiger partial charge in [-0.15, -0.1) is 0 Å². The highest BCUT2D eigenvalue weighted by Crippen LogP contribution is 2.30. The summed E-state index contributed by atoms with van der Waals surface area (Å²) in [5.74, 6) is -0.102. The van der Waals surface area contributed by atoms with Crippen LogP contribution in [0.3, 0.4) is 0 Å². The quantitative estimate of drug-likeness (QED) is 0.820. The maximum atomic E-state index is 12.0. The van der Waals surface area contributed by atoms with Gasteiger partial charge in [0.1, 0.15) is 5.82 Å². The fourth-order valence-electron chi connectivity index (χ4n) is 2.80. The second kappa shape index (κ2) is 7.27. The molecule has 0 aromatic carbocycles. The van der Waals surface area contributed by atoms with Crippen LogP contribution in [0.15, 0.2) is 18.3 Å². The van der Waals surface area contributed by atoms with Crippen molar-refractivity contribution in [2.24, 2.45) is 5.92 Å². The molecule has 2 N–H and O–H groups in total. The topological polar surface area (TPSA) is 74.3 Å². The molecule has 0 unspecified atom stereocenters.